The van der Waals surface area contributed by atoms with E-state index in [1.165, 1.54) is 50.3 Å². The summed E-state index contributed by atoms with van der Waals surface area (Å²) in [4.78, 5) is 12.5. The largest absolute Gasteiger partial charge is 0.415 e. The van der Waals surface area contributed by atoms with E-state index in [0.717, 1.165) is 34.9 Å². The Morgan fingerprint density at radius 1 is 1.18 bits per heavy atom. The number of thioether (sulfide) groups is 1. The van der Waals surface area contributed by atoms with E-state index in [0.29, 0.717) is 5.22 Å². The molecular weight excluding hydrogens is 370 g/mol. The summed E-state index contributed by atoms with van der Waals surface area (Å²) in [7, 11) is 0. The number of amides is 1. The minimum Gasteiger partial charge on any atom is -0.415 e. The van der Waals surface area contributed by atoms with Crippen molar-refractivity contribution in [3.63, 3.8) is 0 Å². The Morgan fingerprint density at radius 3 is 2.50 bits per heavy atom. The molecule has 4 fully saturated rings. The summed E-state index contributed by atoms with van der Waals surface area (Å²) in [6.45, 7) is 3.89. The molecule has 0 saturated heterocycles. The van der Waals surface area contributed by atoms with E-state index in [1.807, 2.05) is 38.1 Å². The van der Waals surface area contributed by atoms with Gasteiger partial charge in [0.15, 0.2) is 0 Å². The van der Waals surface area contributed by atoms with Gasteiger partial charge in [0.05, 0.1) is 5.25 Å². The van der Waals surface area contributed by atoms with E-state index in [1.54, 1.807) is 0 Å². The molecule has 1 heterocycles. The molecule has 28 heavy (non-hydrogen) atoms. The van der Waals surface area contributed by atoms with Crippen LogP contribution in [0.15, 0.2) is 33.9 Å². The summed E-state index contributed by atoms with van der Waals surface area (Å²) in [5.74, 6) is 3.29. The lowest BCUT2D eigenvalue weighted by molar-refractivity contribution is -0.115. The van der Waals surface area contributed by atoms with Gasteiger partial charge in [-0.1, -0.05) is 23.9 Å². The fraction of sp³-hybridized carbons (Fsp3) is 0.591. The molecule has 148 valence electrons. The molecule has 0 unspecified atom stereocenters. The fourth-order valence-electron chi connectivity index (χ4n) is 6.02. The quantitative estimate of drug-likeness (QED) is 0.722. The second-order valence-corrected chi connectivity index (χ2v) is 10.5. The third kappa shape index (κ3) is 3.36. The van der Waals surface area contributed by atoms with Gasteiger partial charge in [-0.2, -0.15) is 0 Å². The number of nitrogens with zero attached hydrogens (tertiary/aromatic N) is 2. The Balaban J connectivity index is 1.26. The van der Waals surface area contributed by atoms with E-state index in [9.17, 15) is 4.79 Å². The highest BCUT2D eigenvalue weighted by atomic mass is 32.2. The van der Waals surface area contributed by atoms with Crippen LogP contribution in [0.5, 0.6) is 0 Å². The molecule has 6 heteroatoms. The number of aryl methyl sites for hydroxylation is 1. The lowest BCUT2D eigenvalue weighted by Gasteiger charge is -2.55. The van der Waals surface area contributed by atoms with Crippen LogP contribution in [0.3, 0.4) is 0 Å². The number of nitrogens with one attached hydrogen (secondary N) is 1. The van der Waals surface area contributed by atoms with Crippen LogP contribution >= 0.6 is 11.8 Å². The Bertz CT molecular complexity index is 858. The highest BCUT2D eigenvalue weighted by Crippen LogP contribution is 2.60. The van der Waals surface area contributed by atoms with Crippen molar-refractivity contribution in [3.05, 3.63) is 35.7 Å². The number of rotatable bonds is 5. The first-order valence-corrected chi connectivity index (χ1v) is 11.3. The summed E-state index contributed by atoms with van der Waals surface area (Å²) in [6.07, 6.45) is 7.79. The van der Waals surface area contributed by atoms with E-state index in [4.69, 9.17) is 4.42 Å². The summed E-state index contributed by atoms with van der Waals surface area (Å²) in [5, 5.41) is 11.9. The maximum absolute atomic E-state index is 12.5. The van der Waals surface area contributed by atoms with E-state index in [-0.39, 0.29) is 16.6 Å². The molecule has 1 aromatic heterocycles. The minimum absolute atomic E-state index is 0.0508. The molecule has 0 radical (unpaired) electrons. The molecule has 4 aliphatic carbocycles. The third-order valence-electron chi connectivity index (χ3n) is 6.83. The number of aromatic nitrogens is 2. The van der Waals surface area contributed by atoms with Gasteiger partial charge in [0.1, 0.15) is 0 Å². The summed E-state index contributed by atoms with van der Waals surface area (Å²) >= 11 is 1.35. The Kier molecular flexibility index (Phi) is 4.49. The fourth-order valence-corrected chi connectivity index (χ4v) is 6.70. The zero-order valence-electron chi connectivity index (χ0n) is 16.5. The zero-order valence-corrected chi connectivity index (χ0v) is 17.3. The molecule has 4 aliphatic rings. The van der Waals surface area contributed by atoms with Crippen LogP contribution in [-0.4, -0.2) is 21.4 Å². The number of carbonyl (C=O) groups excluding carboxylic acids is 1. The smallest absolute Gasteiger partial charge is 0.277 e. The van der Waals surface area contributed by atoms with Crippen molar-refractivity contribution in [2.24, 2.45) is 17.8 Å². The van der Waals surface area contributed by atoms with Crippen molar-refractivity contribution in [1.82, 2.24) is 10.2 Å². The number of carbonyl (C=O) groups is 1. The molecule has 1 aromatic carbocycles. The van der Waals surface area contributed by atoms with Gasteiger partial charge in [-0.15, -0.1) is 10.2 Å². The monoisotopic (exact) mass is 397 g/mol. The van der Waals surface area contributed by atoms with Gasteiger partial charge in [0, 0.05) is 11.1 Å². The average molecular weight is 398 g/mol. The first kappa shape index (κ1) is 18.2. The predicted octanol–water partition coefficient (Wildman–Crippen LogP) is 4.97. The van der Waals surface area contributed by atoms with Crippen LogP contribution in [0.25, 0.3) is 0 Å². The summed E-state index contributed by atoms with van der Waals surface area (Å²) in [5.41, 5.74) is 2.04. The summed E-state index contributed by atoms with van der Waals surface area (Å²) in [6, 6.07) is 7.82. The van der Waals surface area contributed by atoms with Crippen molar-refractivity contribution < 1.29 is 9.21 Å². The first-order valence-electron chi connectivity index (χ1n) is 10.4. The molecule has 1 atom stereocenters. The number of hydrogen-bond acceptors (Lipinski definition) is 5. The van der Waals surface area contributed by atoms with Crippen LogP contribution in [0.1, 0.15) is 56.9 Å². The Labute approximate surface area is 170 Å². The molecular formula is C22H27N3O2S. The standard InChI is InChI=1S/C22H27N3O2S/c1-13-4-3-5-18(6-13)23-19(26)14(2)28-21-25-24-20(27-21)22-10-15-7-16(11-22)9-17(8-15)12-22/h3-6,14-17H,7-12H2,1-2H3,(H,23,26)/t14-,15?,16?,17?,22?/m1/s1. The SMILES string of the molecule is Cc1cccc(NC(=O)[C@@H](C)Sc2nnc(C34CC5CC(CC(C5)C3)C4)o2)c1. The lowest BCUT2D eigenvalue weighted by atomic mass is 9.49. The van der Waals surface area contributed by atoms with Crippen molar-refractivity contribution in [2.75, 3.05) is 5.32 Å². The molecule has 0 aliphatic heterocycles. The van der Waals surface area contributed by atoms with E-state index >= 15 is 0 Å². The molecule has 4 saturated carbocycles. The number of anilines is 1. The number of hydrogen-bond donors (Lipinski definition) is 1. The molecule has 5 nitrogen and oxygen atoms in total. The van der Waals surface area contributed by atoms with E-state index in [2.05, 4.69) is 15.5 Å². The third-order valence-corrected chi connectivity index (χ3v) is 7.77. The van der Waals surface area contributed by atoms with Crippen LogP contribution in [-0.2, 0) is 10.2 Å². The van der Waals surface area contributed by atoms with Crippen LogP contribution in [0.2, 0.25) is 0 Å². The van der Waals surface area contributed by atoms with Crippen LogP contribution in [0, 0.1) is 24.7 Å². The van der Waals surface area contributed by atoms with Gasteiger partial charge >= 0.3 is 0 Å². The molecule has 2 aromatic rings. The Morgan fingerprint density at radius 2 is 1.86 bits per heavy atom. The van der Waals surface area contributed by atoms with Crippen molar-refractivity contribution >= 4 is 23.4 Å². The predicted molar refractivity (Wildman–Crippen MR) is 109 cm³/mol. The van der Waals surface area contributed by atoms with Crippen LogP contribution < -0.4 is 5.32 Å². The van der Waals surface area contributed by atoms with E-state index < -0.39 is 0 Å². The molecule has 6 rings (SSSR count). The lowest BCUT2D eigenvalue weighted by Crippen LogP contribution is -2.48. The van der Waals surface area contributed by atoms with Gasteiger partial charge in [-0.25, -0.2) is 0 Å². The van der Waals surface area contributed by atoms with Crippen molar-refractivity contribution in [3.8, 4) is 0 Å². The maximum Gasteiger partial charge on any atom is 0.277 e. The number of benzene rings is 1. The van der Waals surface area contributed by atoms with Gasteiger partial charge in [-0.05, 0) is 87.8 Å². The van der Waals surface area contributed by atoms with Gasteiger partial charge < -0.3 is 9.73 Å². The maximum atomic E-state index is 12.5. The molecule has 4 bridgehead atoms. The topological polar surface area (TPSA) is 68.0 Å². The van der Waals surface area contributed by atoms with Gasteiger partial charge in [0.2, 0.25) is 11.8 Å². The highest BCUT2D eigenvalue weighted by Gasteiger charge is 2.54. The van der Waals surface area contributed by atoms with Crippen LogP contribution in [0.4, 0.5) is 5.69 Å². The minimum atomic E-state index is -0.301. The van der Waals surface area contributed by atoms with Crippen molar-refractivity contribution in [2.45, 2.75) is 68.3 Å². The first-order chi connectivity index (χ1) is 13.5. The van der Waals surface area contributed by atoms with Gasteiger partial charge in [-0.3, -0.25) is 4.79 Å². The highest BCUT2D eigenvalue weighted by molar-refractivity contribution is 8.00. The van der Waals surface area contributed by atoms with Gasteiger partial charge in [0.25, 0.3) is 5.22 Å². The second kappa shape index (κ2) is 6.90. The second-order valence-electron chi connectivity index (χ2n) is 9.19. The van der Waals surface area contributed by atoms with Crippen molar-refractivity contribution in [1.29, 1.82) is 0 Å². The Hall–Kier alpha value is -1.82. The zero-order chi connectivity index (χ0) is 19.3. The molecule has 1 amide bonds. The normalized spacial score (nSPS) is 31.7. The summed E-state index contributed by atoms with van der Waals surface area (Å²) < 4.78 is 6.12. The molecule has 1 N–H and O–H groups in total. The molecule has 0 spiro atoms. The average Bonchev–Trinajstić information content (AvgIpc) is 3.10.